The monoisotopic (exact) mass is 387 g/mol. The van der Waals surface area contributed by atoms with Crippen molar-refractivity contribution in [3.63, 3.8) is 0 Å². The number of aromatic nitrogens is 3. The predicted octanol–water partition coefficient (Wildman–Crippen LogP) is 3.90. The number of nitrogens with zero attached hydrogens (tertiary/aromatic N) is 3. The molecule has 29 heavy (non-hydrogen) atoms. The lowest BCUT2D eigenvalue weighted by molar-refractivity contribution is 0.0950. The fraction of sp³-hybridized carbons (Fsp3) is 0.136. The molecule has 1 amide bonds. The van der Waals surface area contributed by atoms with Gasteiger partial charge in [0.2, 0.25) is 0 Å². The normalized spacial score (nSPS) is 11.2. The van der Waals surface area contributed by atoms with Crippen LogP contribution in [0.15, 0.2) is 70.4 Å². The van der Waals surface area contributed by atoms with Gasteiger partial charge in [0.15, 0.2) is 0 Å². The Morgan fingerprint density at radius 2 is 2.03 bits per heavy atom. The average Bonchev–Trinajstić information content (AvgIpc) is 3.47. The van der Waals surface area contributed by atoms with E-state index in [-0.39, 0.29) is 5.91 Å². The number of aromatic amines is 1. The highest BCUT2D eigenvalue weighted by Crippen LogP contribution is 2.17. The van der Waals surface area contributed by atoms with Crippen molar-refractivity contribution in [2.24, 2.45) is 5.10 Å². The van der Waals surface area contributed by atoms with Gasteiger partial charge in [0.1, 0.15) is 11.5 Å². The summed E-state index contributed by atoms with van der Waals surface area (Å²) >= 11 is 0. The molecule has 0 bridgehead atoms. The molecule has 0 fully saturated rings. The molecule has 0 saturated heterocycles. The van der Waals surface area contributed by atoms with Gasteiger partial charge in [-0.1, -0.05) is 30.3 Å². The van der Waals surface area contributed by atoms with Crippen LogP contribution in [0.4, 0.5) is 0 Å². The Balaban J connectivity index is 1.43. The molecule has 0 saturated carbocycles. The van der Waals surface area contributed by atoms with Crippen LogP contribution in [-0.2, 0) is 6.54 Å². The largest absolute Gasteiger partial charge is 0.467 e. The highest BCUT2D eigenvalue weighted by molar-refractivity contribution is 5.94. The van der Waals surface area contributed by atoms with E-state index in [4.69, 9.17) is 4.42 Å². The van der Waals surface area contributed by atoms with Crippen LogP contribution in [0.2, 0.25) is 0 Å². The molecule has 4 rings (SSSR count). The summed E-state index contributed by atoms with van der Waals surface area (Å²) < 4.78 is 7.57. The van der Waals surface area contributed by atoms with E-state index in [0.717, 1.165) is 28.3 Å². The first-order valence-electron chi connectivity index (χ1n) is 9.25. The Labute approximate surface area is 168 Å². The molecule has 4 aromatic rings. The van der Waals surface area contributed by atoms with Crippen molar-refractivity contribution in [1.82, 2.24) is 20.2 Å². The number of furan rings is 1. The first kappa shape index (κ1) is 18.5. The molecule has 0 radical (unpaired) electrons. The van der Waals surface area contributed by atoms with Crippen molar-refractivity contribution in [2.45, 2.75) is 20.4 Å². The molecule has 7 nitrogen and oxygen atoms in total. The lowest BCUT2D eigenvalue weighted by Gasteiger charge is -2.07. The Morgan fingerprint density at radius 1 is 1.21 bits per heavy atom. The minimum Gasteiger partial charge on any atom is -0.467 e. The Hall–Kier alpha value is -3.87. The van der Waals surface area contributed by atoms with Gasteiger partial charge in [-0.05, 0) is 38.1 Å². The molecular weight excluding hydrogens is 366 g/mol. The zero-order valence-corrected chi connectivity index (χ0v) is 16.2. The third-order valence-corrected chi connectivity index (χ3v) is 4.77. The van der Waals surface area contributed by atoms with Crippen molar-refractivity contribution in [3.05, 3.63) is 89.3 Å². The van der Waals surface area contributed by atoms with Crippen molar-refractivity contribution >= 4 is 12.1 Å². The van der Waals surface area contributed by atoms with E-state index in [1.54, 1.807) is 18.5 Å². The summed E-state index contributed by atoms with van der Waals surface area (Å²) in [4.78, 5) is 12.3. The standard InChI is InChI=1S/C22H21N5O2/c1-15-11-18(16(2)27(15)14-19-9-6-10-29-19)13-23-26-22(28)21-12-20(24-25-21)17-7-4-3-5-8-17/h3-13H,14H2,1-2H3,(H,24,25)(H,26,28)/b23-13-. The second-order valence-electron chi connectivity index (χ2n) is 6.72. The van der Waals surface area contributed by atoms with Crippen LogP contribution in [-0.4, -0.2) is 26.9 Å². The molecule has 7 heteroatoms. The zero-order valence-electron chi connectivity index (χ0n) is 16.2. The van der Waals surface area contributed by atoms with Crippen molar-refractivity contribution < 1.29 is 9.21 Å². The van der Waals surface area contributed by atoms with Gasteiger partial charge in [0.05, 0.1) is 24.7 Å². The molecular formula is C22H21N5O2. The lowest BCUT2D eigenvalue weighted by atomic mass is 10.1. The van der Waals surface area contributed by atoms with Gasteiger partial charge in [0, 0.05) is 22.5 Å². The molecule has 1 aromatic carbocycles. The molecule has 0 atom stereocenters. The topological polar surface area (TPSA) is 88.2 Å². The Morgan fingerprint density at radius 3 is 2.79 bits per heavy atom. The van der Waals surface area contributed by atoms with Gasteiger partial charge in [0.25, 0.3) is 5.91 Å². The van der Waals surface area contributed by atoms with Crippen LogP contribution in [0.5, 0.6) is 0 Å². The molecule has 146 valence electrons. The third-order valence-electron chi connectivity index (χ3n) is 4.77. The summed E-state index contributed by atoms with van der Waals surface area (Å²) in [5.41, 5.74) is 7.62. The first-order chi connectivity index (χ1) is 14.1. The second-order valence-corrected chi connectivity index (χ2v) is 6.72. The van der Waals surface area contributed by atoms with Gasteiger partial charge in [-0.15, -0.1) is 0 Å². The van der Waals surface area contributed by atoms with E-state index in [9.17, 15) is 4.79 Å². The number of carbonyl (C=O) groups is 1. The number of aryl methyl sites for hydroxylation is 1. The number of hydrazone groups is 1. The molecule has 2 N–H and O–H groups in total. The fourth-order valence-electron chi connectivity index (χ4n) is 3.18. The van der Waals surface area contributed by atoms with Gasteiger partial charge in [-0.3, -0.25) is 9.89 Å². The van der Waals surface area contributed by atoms with Gasteiger partial charge in [-0.25, -0.2) is 5.43 Å². The number of H-pyrrole nitrogens is 1. The summed E-state index contributed by atoms with van der Waals surface area (Å²) in [7, 11) is 0. The summed E-state index contributed by atoms with van der Waals surface area (Å²) in [6.07, 6.45) is 3.31. The van der Waals surface area contributed by atoms with Crippen LogP contribution in [0.1, 0.15) is 33.2 Å². The van der Waals surface area contributed by atoms with Crippen LogP contribution in [0.25, 0.3) is 11.3 Å². The molecule has 0 aliphatic rings. The van der Waals surface area contributed by atoms with Crippen molar-refractivity contribution in [3.8, 4) is 11.3 Å². The highest BCUT2D eigenvalue weighted by Gasteiger charge is 2.11. The summed E-state index contributed by atoms with van der Waals surface area (Å²) in [5.74, 6) is 0.539. The van der Waals surface area contributed by atoms with Gasteiger partial charge < -0.3 is 8.98 Å². The number of rotatable bonds is 6. The van der Waals surface area contributed by atoms with Gasteiger partial charge >= 0.3 is 0 Å². The number of benzene rings is 1. The Kier molecular flexibility index (Phi) is 5.11. The predicted molar refractivity (Wildman–Crippen MR) is 111 cm³/mol. The minimum absolute atomic E-state index is 0.347. The second kappa shape index (κ2) is 8.02. The minimum atomic E-state index is -0.347. The van der Waals surface area contributed by atoms with Crippen LogP contribution < -0.4 is 5.43 Å². The number of hydrogen-bond donors (Lipinski definition) is 2. The van der Waals surface area contributed by atoms with E-state index in [1.807, 2.05) is 62.4 Å². The zero-order chi connectivity index (χ0) is 20.2. The Bertz CT molecular complexity index is 1140. The number of nitrogens with one attached hydrogen (secondary N) is 2. The third kappa shape index (κ3) is 4.03. The molecule has 0 unspecified atom stereocenters. The van der Waals surface area contributed by atoms with Crippen LogP contribution >= 0.6 is 0 Å². The number of hydrogen-bond acceptors (Lipinski definition) is 4. The summed E-state index contributed by atoms with van der Waals surface area (Å²) in [6, 6.07) is 17.2. The number of carbonyl (C=O) groups excluding carboxylic acids is 1. The maximum Gasteiger partial charge on any atom is 0.289 e. The SMILES string of the molecule is Cc1cc(/C=N\NC(=O)c2cc(-c3ccccc3)n[nH]2)c(C)n1Cc1ccco1. The van der Waals surface area contributed by atoms with E-state index in [2.05, 4.69) is 25.3 Å². The molecule has 0 aliphatic carbocycles. The van der Waals surface area contributed by atoms with E-state index in [1.165, 1.54) is 0 Å². The average molecular weight is 387 g/mol. The number of amides is 1. The maximum absolute atomic E-state index is 12.3. The highest BCUT2D eigenvalue weighted by atomic mass is 16.3. The van der Waals surface area contributed by atoms with E-state index < -0.39 is 0 Å². The lowest BCUT2D eigenvalue weighted by Crippen LogP contribution is -2.18. The summed E-state index contributed by atoms with van der Waals surface area (Å²) in [6.45, 7) is 4.70. The molecule has 0 aliphatic heterocycles. The first-order valence-corrected chi connectivity index (χ1v) is 9.25. The van der Waals surface area contributed by atoms with Crippen molar-refractivity contribution in [1.29, 1.82) is 0 Å². The maximum atomic E-state index is 12.3. The fourth-order valence-corrected chi connectivity index (χ4v) is 3.18. The van der Waals surface area contributed by atoms with Crippen LogP contribution in [0.3, 0.4) is 0 Å². The molecule has 3 aromatic heterocycles. The van der Waals surface area contributed by atoms with E-state index >= 15 is 0 Å². The van der Waals surface area contributed by atoms with E-state index in [0.29, 0.717) is 17.9 Å². The van der Waals surface area contributed by atoms with Crippen molar-refractivity contribution in [2.75, 3.05) is 0 Å². The summed E-state index contributed by atoms with van der Waals surface area (Å²) in [5, 5.41) is 11.0. The smallest absolute Gasteiger partial charge is 0.289 e. The van der Waals surface area contributed by atoms with Gasteiger partial charge in [-0.2, -0.15) is 10.2 Å². The quantitative estimate of drug-likeness (QED) is 0.388. The molecule has 0 spiro atoms. The van der Waals surface area contributed by atoms with Crippen LogP contribution in [0, 0.1) is 13.8 Å². The molecule has 3 heterocycles.